The largest absolute Gasteiger partial charge is 0.489 e. The second kappa shape index (κ2) is 14.6. The molecule has 0 atom stereocenters. The van der Waals surface area contributed by atoms with Crippen molar-refractivity contribution in [3.63, 3.8) is 0 Å². The molecule has 4 rings (SSSR count). The van der Waals surface area contributed by atoms with Crippen LogP contribution in [0.3, 0.4) is 0 Å². The first-order valence-electron chi connectivity index (χ1n) is 13.3. The Morgan fingerprint density at radius 1 is 1.02 bits per heavy atom. The van der Waals surface area contributed by atoms with Gasteiger partial charge in [-0.25, -0.2) is 4.79 Å². The minimum Gasteiger partial charge on any atom is -0.489 e. The molecule has 40 heavy (non-hydrogen) atoms. The van der Waals surface area contributed by atoms with Crippen molar-refractivity contribution in [1.29, 1.82) is 0 Å². The van der Waals surface area contributed by atoms with Crippen LogP contribution in [0.1, 0.15) is 35.1 Å². The SMILES string of the molecule is CSc1ccc(C(=CCOc2ccc(OCC(=O)O)c(C)c2)c2ccc(C#CCN3CCC(O)CC3)cc2)cc1. The summed E-state index contributed by atoms with van der Waals surface area (Å²) in [4.78, 5) is 14.3. The van der Waals surface area contributed by atoms with Gasteiger partial charge < -0.3 is 19.7 Å². The van der Waals surface area contributed by atoms with Gasteiger partial charge in [0.1, 0.15) is 18.1 Å². The maximum atomic E-state index is 10.8. The number of likely N-dealkylation sites (tertiary alicyclic amines) is 1. The minimum absolute atomic E-state index is 0.170. The van der Waals surface area contributed by atoms with Crippen LogP contribution < -0.4 is 9.47 Å². The molecular formula is C33H35NO5S. The lowest BCUT2D eigenvalue weighted by Gasteiger charge is -2.27. The molecule has 0 unspecified atom stereocenters. The summed E-state index contributed by atoms with van der Waals surface area (Å²) in [5, 5.41) is 18.5. The first-order valence-corrected chi connectivity index (χ1v) is 14.6. The van der Waals surface area contributed by atoms with Crippen molar-refractivity contribution in [3.8, 4) is 23.3 Å². The van der Waals surface area contributed by atoms with E-state index < -0.39 is 5.97 Å². The van der Waals surface area contributed by atoms with Crippen molar-refractivity contribution in [1.82, 2.24) is 4.90 Å². The number of carboxylic acid groups (broad SMARTS) is 1. The zero-order chi connectivity index (χ0) is 28.3. The highest BCUT2D eigenvalue weighted by Gasteiger charge is 2.15. The third-order valence-electron chi connectivity index (χ3n) is 6.72. The molecule has 0 bridgehead atoms. The van der Waals surface area contributed by atoms with E-state index in [0.29, 0.717) is 24.7 Å². The Kier molecular flexibility index (Phi) is 10.7. The van der Waals surface area contributed by atoms with Gasteiger partial charge in [0.25, 0.3) is 0 Å². The van der Waals surface area contributed by atoms with Crippen molar-refractivity contribution >= 4 is 23.3 Å². The number of piperidine rings is 1. The second-order valence-corrected chi connectivity index (χ2v) is 10.5. The van der Waals surface area contributed by atoms with E-state index in [2.05, 4.69) is 65.5 Å². The van der Waals surface area contributed by atoms with Crippen LogP contribution in [-0.2, 0) is 4.79 Å². The molecule has 6 nitrogen and oxygen atoms in total. The number of hydrogen-bond donors (Lipinski definition) is 2. The van der Waals surface area contributed by atoms with Crippen LogP contribution in [0.15, 0.2) is 77.7 Å². The smallest absolute Gasteiger partial charge is 0.341 e. The van der Waals surface area contributed by atoms with Gasteiger partial charge in [-0.3, -0.25) is 4.90 Å². The normalized spacial score (nSPS) is 14.3. The van der Waals surface area contributed by atoms with Gasteiger partial charge in [-0.2, -0.15) is 0 Å². The van der Waals surface area contributed by atoms with Crippen molar-refractivity contribution in [2.24, 2.45) is 0 Å². The second-order valence-electron chi connectivity index (χ2n) is 9.65. The number of nitrogens with zero attached hydrogens (tertiary/aromatic N) is 1. The summed E-state index contributed by atoms with van der Waals surface area (Å²) in [7, 11) is 0. The van der Waals surface area contributed by atoms with Gasteiger partial charge in [-0.1, -0.05) is 36.1 Å². The summed E-state index contributed by atoms with van der Waals surface area (Å²) in [6.45, 7) is 4.34. The highest BCUT2D eigenvalue weighted by Crippen LogP contribution is 2.27. The van der Waals surface area contributed by atoms with Crippen LogP contribution in [0.2, 0.25) is 0 Å². The number of carbonyl (C=O) groups is 1. The van der Waals surface area contributed by atoms with Gasteiger partial charge in [0, 0.05) is 23.5 Å². The third-order valence-corrected chi connectivity index (χ3v) is 7.47. The lowest BCUT2D eigenvalue weighted by atomic mass is 9.97. The lowest BCUT2D eigenvalue weighted by molar-refractivity contribution is -0.139. The number of aliphatic hydroxyl groups is 1. The molecular weight excluding hydrogens is 522 g/mol. The van der Waals surface area contributed by atoms with Crippen LogP contribution in [0.25, 0.3) is 5.57 Å². The molecule has 0 amide bonds. The average Bonchev–Trinajstić information content (AvgIpc) is 2.96. The highest BCUT2D eigenvalue weighted by molar-refractivity contribution is 7.98. The van der Waals surface area contributed by atoms with Crippen LogP contribution in [-0.4, -0.2) is 66.3 Å². The number of hydrogen-bond acceptors (Lipinski definition) is 6. The summed E-state index contributed by atoms with van der Waals surface area (Å²) in [5.74, 6) is 6.74. The van der Waals surface area contributed by atoms with Gasteiger partial charge in [-0.15, -0.1) is 11.8 Å². The Morgan fingerprint density at radius 3 is 2.33 bits per heavy atom. The van der Waals surface area contributed by atoms with Gasteiger partial charge in [-0.05, 0) is 96.8 Å². The molecule has 3 aromatic carbocycles. The molecule has 0 radical (unpaired) electrons. The Bertz CT molecular complexity index is 1360. The van der Waals surface area contributed by atoms with E-state index in [4.69, 9.17) is 14.6 Å². The van der Waals surface area contributed by atoms with E-state index in [0.717, 1.165) is 53.8 Å². The minimum atomic E-state index is -1.01. The molecule has 0 aliphatic carbocycles. The van der Waals surface area contributed by atoms with E-state index in [1.807, 2.05) is 25.1 Å². The van der Waals surface area contributed by atoms with Gasteiger partial charge in [0.15, 0.2) is 6.61 Å². The third kappa shape index (κ3) is 8.65. The molecule has 0 spiro atoms. The number of rotatable bonds is 10. The number of aryl methyl sites for hydroxylation is 1. The quantitative estimate of drug-likeness (QED) is 0.252. The van der Waals surface area contributed by atoms with Crippen molar-refractivity contribution in [2.75, 3.05) is 39.1 Å². The topological polar surface area (TPSA) is 79.2 Å². The van der Waals surface area contributed by atoms with Crippen LogP contribution in [0.5, 0.6) is 11.5 Å². The molecule has 1 aliphatic rings. The van der Waals surface area contributed by atoms with Gasteiger partial charge >= 0.3 is 5.97 Å². The lowest BCUT2D eigenvalue weighted by Crippen LogP contribution is -2.35. The monoisotopic (exact) mass is 557 g/mol. The van der Waals surface area contributed by atoms with Crippen LogP contribution in [0, 0.1) is 18.8 Å². The number of carboxylic acids is 1. The fourth-order valence-electron chi connectivity index (χ4n) is 4.47. The van der Waals surface area contributed by atoms with E-state index in [-0.39, 0.29) is 12.7 Å². The first kappa shape index (κ1) is 29.3. The summed E-state index contributed by atoms with van der Waals surface area (Å²) < 4.78 is 11.3. The first-order chi connectivity index (χ1) is 19.4. The van der Waals surface area contributed by atoms with Crippen LogP contribution in [0.4, 0.5) is 0 Å². The molecule has 1 saturated heterocycles. The Balaban J connectivity index is 1.46. The number of aliphatic carboxylic acids is 1. The number of benzene rings is 3. The van der Waals surface area contributed by atoms with Crippen LogP contribution >= 0.6 is 11.8 Å². The molecule has 1 aliphatic heterocycles. The maximum absolute atomic E-state index is 10.8. The molecule has 1 fully saturated rings. The predicted octanol–water partition coefficient (Wildman–Crippen LogP) is 5.50. The zero-order valence-electron chi connectivity index (χ0n) is 22.9. The van der Waals surface area contributed by atoms with Gasteiger partial charge in [0.2, 0.25) is 0 Å². The Morgan fingerprint density at radius 2 is 1.70 bits per heavy atom. The van der Waals surface area contributed by atoms with Gasteiger partial charge in [0.05, 0.1) is 12.6 Å². The summed E-state index contributed by atoms with van der Waals surface area (Å²) >= 11 is 1.71. The summed E-state index contributed by atoms with van der Waals surface area (Å²) in [6, 6.07) is 22.1. The molecule has 3 aromatic rings. The summed E-state index contributed by atoms with van der Waals surface area (Å²) in [5.41, 5.74) is 5.02. The molecule has 0 aromatic heterocycles. The average molecular weight is 558 g/mol. The number of aliphatic hydroxyl groups excluding tert-OH is 1. The van der Waals surface area contributed by atoms with Crippen molar-refractivity contribution in [3.05, 3.63) is 95.1 Å². The molecule has 7 heteroatoms. The molecule has 1 heterocycles. The Labute approximate surface area is 240 Å². The predicted molar refractivity (Wildman–Crippen MR) is 160 cm³/mol. The Hall–Kier alpha value is -3.70. The highest BCUT2D eigenvalue weighted by atomic mass is 32.2. The molecule has 208 valence electrons. The summed E-state index contributed by atoms with van der Waals surface area (Å²) in [6.07, 6.45) is 5.60. The fourth-order valence-corrected chi connectivity index (χ4v) is 4.88. The number of thioether (sulfide) groups is 1. The number of ether oxygens (including phenoxy) is 2. The molecule has 2 N–H and O–H groups in total. The van der Waals surface area contributed by atoms with E-state index in [1.165, 1.54) is 4.90 Å². The van der Waals surface area contributed by atoms with E-state index in [1.54, 1.807) is 23.9 Å². The van der Waals surface area contributed by atoms with Crippen molar-refractivity contribution in [2.45, 2.75) is 30.8 Å². The molecule has 0 saturated carbocycles. The maximum Gasteiger partial charge on any atom is 0.341 e. The fraction of sp³-hybridized carbons (Fsp3) is 0.303. The van der Waals surface area contributed by atoms with E-state index in [9.17, 15) is 9.90 Å². The zero-order valence-corrected chi connectivity index (χ0v) is 23.7. The van der Waals surface area contributed by atoms with E-state index >= 15 is 0 Å². The van der Waals surface area contributed by atoms with Crippen molar-refractivity contribution < 1.29 is 24.5 Å². The standard InChI is InChI=1S/C33H35NO5S/c1-24-22-29(11-14-32(24)39-23-33(36)37)38-21-17-31(27-9-12-30(40-2)13-10-27)26-7-5-25(6-8-26)4-3-18-34-19-15-28(35)16-20-34/h5-14,17,22,28,35H,15-16,18-21,23H2,1-2H3,(H,36,37).